The predicted octanol–water partition coefficient (Wildman–Crippen LogP) is 3.24. The van der Waals surface area contributed by atoms with Gasteiger partial charge in [0.25, 0.3) is 0 Å². The number of nitrogens with two attached hydrogens (primary N) is 1. The lowest BCUT2D eigenvalue weighted by Gasteiger charge is -2.19. The van der Waals surface area contributed by atoms with E-state index < -0.39 is 0 Å². The fourth-order valence-electron chi connectivity index (χ4n) is 2.58. The molecule has 0 amide bonds. The minimum atomic E-state index is -0.233. The van der Waals surface area contributed by atoms with Crippen LogP contribution in [0.3, 0.4) is 0 Å². The highest BCUT2D eigenvalue weighted by atomic mass is 19.1. The number of benzene rings is 2. The Balaban J connectivity index is 2.16. The van der Waals surface area contributed by atoms with Gasteiger partial charge in [-0.3, -0.25) is 10.8 Å². The van der Waals surface area contributed by atoms with Gasteiger partial charge < -0.3 is 0 Å². The number of aryl methyl sites for hydroxylation is 1. The molecule has 0 saturated carbocycles. The van der Waals surface area contributed by atoms with Crippen LogP contribution in [0.5, 0.6) is 0 Å². The van der Waals surface area contributed by atoms with Gasteiger partial charge in [0, 0.05) is 23.3 Å². The molecule has 1 heterocycles. The minimum Gasteiger partial charge on any atom is -0.271 e. The summed E-state index contributed by atoms with van der Waals surface area (Å²) in [6, 6.07) is 12.8. The second-order valence-corrected chi connectivity index (χ2v) is 5.06. The Hall–Kier alpha value is -2.30. The highest BCUT2D eigenvalue weighted by Crippen LogP contribution is 2.28. The molecule has 0 aliphatic heterocycles. The fourth-order valence-corrected chi connectivity index (χ4v) is 2.58. The van der Waals surface area contributed by atoms with E-state index in [2.05, 4.69) is 10.4 Å². The van der Waals surface area contributed by atoms with Crippen LogP contribution in [0, 0.1) is 12.7 Å². The third-order valence-electron chi connectivity index (χ3n) is 3.69. The van der Waals surface area contributed by atoms with Crippen LogP contribution in [0.4, 0.5) is 4.39 Å². The zero-order valence-electron chi connectivity index (χ0n) is 11.7. The topological polar surface area (TPSA) is 50.9 Å². The van der Waals surface area contributed by atoms with Crippen molar-refractivity contribution in [1.82, 2.24) is 10.4 Å². The summed E-state index contributed by atoms with van der Waals surface area (Å²) in [6.07, 6.45) is 3.62. The van der Waals surface area contributed by atoms with Crippen molar-refractivity contribution in [3.8, 4) is 0 Å². The van der Waals surface area contributed by atoms with Crippen molar-refractivity contribution in [3.63, 3.8) is 0 Å². The summed E-state index contributed by atoms with van der Waals surface area (Å²) in [5.74, 6) is 5.53. The van der Waals surface area contributed by atoms with E-state index >= 15 is 0 Å². The summed E-state index contributed by atoms with van der Waals surface area (Å²) in [5, 5.41) is 2.13. The molecule has 0 spiro atoms. The molecule has 0 saturated heterocycles. The maximum absolute atomic E-state index is 13.5. The van der Waals surface area contributed by atoms with E-state index in [1.165, 1.54) is 6.07 Å². The van der Waals surface area contributed by atoms with Crippen molar-refractivity contribution in [3.05, 3.63) is 77.4 Å². The average molecular weight is 281 g/mol. The molecule has 3 nitrogen and oxygen atoms in total. The van der Waals surface area contributed by atoms with Crippen LogP contribution in [0.2, 0.25) is 0 Å². The lowest BCUT2D eigenvalue weighted by molar-refractivity contribution is 0.608. The van der Waals surface area contributed by atoms with Crippen LogP contribution in [0.1, 0.15) is 22.7 Å². The van der Waals surface area contributed by atoms with Crippen molar-refractivity contribution < 1.29 is 4.39 Å². The predicted molar refractivity (Wildman–Crippen MR) is 82.0 cm³/mol. The molecule has 2 aromatic carbocycles. The quantitative estimate of drug-likeness (QED) is 0.572. The average Bonchev–Trinajstić information content (AvgIpc) is 2.52. The summed E-state index contributed by atoms with van der Waals surface area (Å²) in [6.45, 7) is 1.74. The molecule has 106 valence electrons. The lowest BCUT2D eigenvalue weighted by Crippen LogP contribution is -2.29. The summed E-state index contributed by atoms with van der Waals surface area (Å²) in [7, 11) is 0. The number of nitrogens with one attached hydrogen (secondary N) is 1. The van der Waals surface area contributed by atoms with Crippen molar-refractivity contribution in [2.45, 2.75) is 13.0 Å². The highest BCUT2D eigenvalue weighted by molar-refractivity contribution is 5.85. The zero-order chi connectivity index (χ0) is 14.8. The molecule has 1 atom stereocenters. The van der Waals surface area contributed by atoms with E-state index in [-0.39, 0.29) is 11.9 Å². The summed E-state index contributed by atoms with van der Waals surface area (Å²) in [4.78, 5) is 4.28. The highest BCUT2D eigenvalue weighted by Gasteiger charge is 2.16. The first-order chi connectivity index (χ1) is 10.2. The van der Waals surface area contributed by atoms with Crippen molar-refractivity contribution >= 4 is 10.8 Å². The summed E-state index contributed by atoms with van der Waals surface area (Å²) < 4.78 is 13.5. The molecule has 0 aliphatic rings. The smallest absolute Gasteiger partial charge is 0.126 e. The first kappa shape index (κ1) is 13.7. The van der Waals surface area contributed by atoms with Gasteiger partial charge in [-0.2, -0.15) is 0 Å². The van der Waals surface area contributed by atoms with Crippen molar-refractivity contribution in [2.24, 2.45) is 5.84 Å². The van der Waals surface area contributed by atoms with Crippen LogP contribution in [-0.2, 0) is 0 Å². The van der Waals surface area contributed by atoms with Gasteiger partial charge in [-0.25, -0.2) is 9.82 Å². The largest absolute Gasteiger partial charge is 0.271 e. The number of fused-ring (bicyclic) bond motifs is 1. The third-order valence-corrected chi connectivity index (χ3v) is 3.69. The van der Waals surface area contributed by atoms with E-state index in [9.17, 15) is 4.39 Å². The minimum absolute atomic E-state index is 0.217. The van der Waals surface area contributed by atoms with Gasteiger partial charge in [0.05, 0.1) is 6.04 Å². The second-order valence-electron chi connectivity index (χ2n) is 5.06. The Kier molecular flexibility index (Phi) is 3.64. The van der Waals surface area contributed by atoms with Gasteiger partial charge in [-0.1, -0.05) is 36.4 Å². The Labute approximate surface area is 122 Å². The summed E-state index contributed by atoms with van der Waals surface area (Å²) in [5.41, 5.74) is 5.29. The number of nitrogens with zero attached hydrogens (tertiary/aromatic N) is 1. The molecule has 3 rings (SSSR count). The standard InChI is InChI=1S/C17H16FN3/c1-11-8-12(6-7-16(11)18)17(21-19)15-10-20-9-13-4-2-3-5-14(13)15/h2-10,17,21H,19H2,1H3. The van der Waals surface area contributed by atoms with E-state index in [0.29, 0.717) is 5.56 Å². The van der Waals surface area contributed by atoms with E-state index in [0.717, 1.165) is 21.9 Å². The Morgan fingerprint density at radius 2 is 1.95 bits per heavy atom. The molecule has 0 aliphatic carbocycles. The first-order valence-electron chi connectivity index (χ1n) is 6.75. The summed E-state index contributed by atoms with van der Waals surface area (Å²) >= 11 is 0. The van der Waals surface area contributed by atoms with Crippen molar-refractivity contribution in [2.75, 3.05) is 0 Å². The monoisotopic (exact) mass is 281 g/mol. The number of pyridine rings is 1. The van der Waals surface area contributed by atoms with Crippen LogP contribution in [0.25, 0.3) is 10.8 Å². The van der Waals surface area contributed by atoms with Crippen LogP contribution < -0.4 is 11.3 Å². The van der Waals surface area contributed by atoms with Gasteiger partial charge in [-0.05, 0) is 29.5 Å². The van der Waals surface area contributed by atoms with Crippen molar-refractivity contribution in [1.29, 1.82) is 0 Å². The molecule has 0 bridgehead atoms. The Morgan fingerprint density at radius 3 is 2.71 bits per heavy atom. The second kappa shape index (κ2) is 5.60. The lowest BCUT2D eigenvalue weighted by atomic mass is 9.95. The molecular weight excluding hydrogens is 265 g/mol. The van der Waals surface area contributed by atoms with E-state index in [4.69, 9.17) is 5.84 Å². The number of aromatic nitrogens is 1. The molecule has 1 aromatic heterocycles. The molecule has 3 aromatic rings. The number of halogens is 1. The number of rotatable bonds is 3. The van der Waals surface area contributed by atoms with Crippen LogP contribution in [0.15, 0.2) is 54.9 Å². The molecule has 0 radical (unpaired) electrons. The molecule has 1 unspecified atom stereocenters. The molecule has 21 heavy (non-hydrogen) atoms. The fraction of sp³-hybridized carbons (Fsp3) is 0.118. The first-order valence-corrected chi connectivity index (χ1v) is 6.75. The molecule has 0 fully saturated rings. The Bertz CT molecular complexity index is 781. The normalized spacial score (nSPS) is 12.5. The van der Waals surface area contributed by atoms with Gasteiger partial charge in [0.2, 0.25) is 0 Å². The molecule has 4 heteroatoms. The van der Waals surface area contributed by atoms with E-state index in [1.54, 1.807) is 19.2 Å². The third kappa shape index (κ3) is 2.51. The molecule has 3 N–H and O–H groups in total. The number of hydrazine groups is 1. The van der Waals surface area contributed by atoms with Gasteiger partial charge in [0.1, 0.15) is 5.82 Å². The van der Waals surface area contributed by atoms with Crippen LogP contribution in [-0.4, -0.2) is 4.98 Å². The van der Waals surface area contributed by atoms with E-state index in [1.807, 2.05) is 36.5 Å². The maximum Gasteiger partial charge on any atom is 0.126 e. The number of hydrogen-bond donors (Lipinski definition) is 2. The molecular formula is C17H16FN3. The Morgan fingerprint density at radius 1 is 1.14 bits per heavy atom. The maximum atomic E-state index is 13.5. The number of hydrogen-bond acceptors (Lipinski definition) is 3. The van der Waals surface area contributed by atoms with Gasteiger partial charge in [-0.15, -0.1) is 0 Å². The SMILES string of the molecule is Cc1cc(C(NN)c2cncc3ccccc23)ccc1F. The zero-order valence-corrected chi connectivity index (χ0v) is 11.7. The van der Waals surface area contributed by atoms with Gasteiger partial charge in [0.15, 0.2) is 0 Å². The van der Waals surface area contributed by atoms with Gasteiger partial charge >= 0.3 is 0 Å². The van der Waals surface area contributed by atoms with Crippen LogP contribution >= 0.6 is 0 Å².